The van der Waals surface area contributed by atoms with Gasteiger partial charge in [-0.2, -0.15) is 26.3 Å². The first-order valence-corrected chi connectivity index (χ1v) is 18.0. The van der Waals surface area contributed by atoms with Gasteiger partial charge >= 0.3 is 24.0 Å². The molecule has 0 aliphatic carbocycles. The van der Waals surface area contributed by atoms with Gasteiger partial charge in [-0.05, 0) is 68.1 Å². The molecule has 2 aliphatic heterocycles. The maximum atomic E-state index is 15.2. The first-order chi connectivity index (χ1) is 26.5. The minimum Gasteiger partial charge on any atom is -0.466 e. The van der Waals surface area contributed by atoms with E-state index in [1.165, 1.54) is 6.07 Å². The van der Waals surface area contributed by atoms with Crippen LogP contribution in [0, 0.1) is 5.82 Å². The predicted octanol–water partition coefficient (Wildman–Crippen LogP) is 6.30. The molecule has 1 saturated heterocycles. The van der Waals surface area contributed by atoms with E-state index in [1.54, 1.807) is 31.2 Å². The number of carbonyl (C=O) groups is 1. The van der Waals surface area contributed by atoms with Crippen molar-refractivity contribution < 1.29 is 49.4 Å². The van der Waals surface area contributed by atoms with Gasteiger partial charge in [-0.15, -0.1) is 0 Å². The number of benzene rings is 2. The molecule has 3 N–H and O–H groups in total. The van der Waals surface area contributed by atoms with Crippen LogP contribution in [0.3, 0.4) is 0 Å². The Morgan fingerprint density at radius 2 is 1.71 bits per heavy atom. The molecule has 18 heteroatoms. The van der Waals surface area contributed by atoms with Crippen molar-refractivity contribution in [2.45, 2.75) is 82.8 Å². The number of nitrogens with zero attached hydrogens (tertiary/aromatic N) is 3. The molecule has 2 aromatic heterocycles. The first-order valence-electron chi connectivity index (χ1n) is 18.0. The van der Waals surface area contributed by atoms with Crippen LogP contribution in [0.4, 0.5) is 36.4 Å². The molecule has 0 amide bonds. The van der Waals surface area contributed by atoms with Crippen molar-refractivity contribution in [2.75, 3.05) is 31.6 Å². The van der Waals surface area contributed by atoms with Crippen LogP contribution in [0.15, 0.2) is 68.6 Å². The standard InChI is InChI=1S/C38H40F7N5O6/c1-2-54-32(51)10-5-15-47-24-7-3-6-23(18-24)29(46)21-50-34(52)33-30(49(35(50)53)20-26-27(37(40,41)42)8-4-9-28(26)39)22-55-36(33)13-16-48(17-14-36)19-25-11-12-31(56-25)38(43,44)45/h3-4,6-9,11-12,18,29,47H,2,5,10,13-17,19-22,46H2,1H3. The second-order valence-electron chi connectivity index (χ2n) is 13.8. The molecule has 302 valence electrons. The van der Waals surface area contributed by atoms with Gasteiger partial charge in [-0.3, -0.25) is 23.6 Å². The Kier molecular flexibility index (Phi) is 11.8. The summed E-state index contributed by atoms with van der Waals surface area (Å²) in [6.07, 6.45) is -8.63. The van der Waals surface area contributed by atoms with Gasteiger partial charge in [0.15, 0.2) is 0 Å². The monoisotopic (exact) mass is 795 g/mol. The molecule has 56 heavy (non-hydrogen) atoms. The molecule has 2 aromatic carbocycles. The number of esters is 1. The number of hydrogen-bond donors (Lipinski definition) is 2. The van der Waals surface area contributed by atoms with E-state index in [1.807, 2.05) is 4.90 Å². The number of anilines is 1. The first kappa shape index (κ1) is 40.7. The SMILES string of the molecule is CCOC(=O)CCCNc1cccc(C(N)Cn2c(=O)c3c(n(Cc4c(F)cccc4C(F)(F)F)c2=O)COC32CCN(Cc3ccc(C(F)(F)F)o3)CC2)c1. The third-order valence-corrected chi connectivity index (χ3v) is 10.1. The Labute approximate surface area is 315 Å². The van der Waals surface area contributed by atoms with Gasteiger partial charge in [0.1, 0.15) is 17.2 Å². The third kappa shape index (κ3) is 8.71. The van der Waals surface area contributed by atoms with E-state index in [-0.39, 0.29) is 75.1 Å². The number of piperidine rings is 1. The molecule has 1 spiro atoms. The number of carbonyl (C=O) groups excluding carboxylic acids is 1. The van der Waals surface area contributed by atoms with Crippen LogP contribution in [0.5, 0.6) is 0 Å². The van der Waals surface area contributed by atoms with Gasteiger partial charge in [-0.25, -0.2) is 9.18 Å². The molecule has 0 radical (unpaired) electrons. The lowest BCUT2D eigenvalue weighted by Crippen LogP contribution is -2.49. The summed E-state index contributed by atoms with van der Waals surface area (Å²) in [5.41, 5.74) is 2.61. The highest BCUT2D eigenvalue weighted by Gasteiger charge is 2.47. The van der Waals surface area contributed by atoms with Gasteiger partial charge in [0.2, 0.25) is 5.76 Å². The Balaban J connectivity index is 1.32. The lowest BCUT2D eigenvalue weighted by atomic mass is 9.85. The van der Waals surface area contributed by atoms with Crippen molar-refractivity contribution in [2.24, 2.45) is 5.73 Å². The van der Waals surface area contributed by atoms with E-state index in [4.69, 9.17) is 19.6 Å². The second-order valence-corrected chi connectivity index (χ2v) is 13.8. The molecular weight excluding hydrogens is 755 g/mol. The van der Waals surface area contributed by atoms with Crippen molar-refractivity contribution >= 4 is 11.7 Å². The number of alkyl halides is 6. The van der Waals surface area contributed by atoms with Gasteiger partial charge in [0, 0.05) is 43.3 Å². The lowest BCUT2D eigenvalue weighted by molar-refractivity contribution is -0.153. The molecule has 0 saturated carbocycles. The van der Waals surface area contributed by atoms with E-state index in [0.29, 0.717) is 30.3 Å². The fourth-order valence-corrected chi connectivity index (χ4v) is 7.28. The number of halogens is 7. The third-order valence-electron chi connectivity index (χ3n) is 10.1. The van der Waals surface area contributed by atoms with Gasteiger partial charge < -0.3 is 24.9 Å². The summed E-state index contributed by atoms with van der Waals surface area (Å²) in [6, 6.07) is 10.4. The zero-order chi connectivity index (χ0) is 40.4. The van der Waals surface area contributed by atoms with E-state index in [2.05, 4.69) is 5.32 Å². The lowest BCUT2D eigenvalue weighted by Gasteiger charge is -2.38. The number of nitrogens with one attached hydrogen (secondary N) is 1. The summed E-state index contributed by atoms with van der Waals surface area (Å²) in [6.45, 7) is 1.31. The molecule has 4 heterocycles. The Morgan fingerprint density at radius 3 is 2.39 bits per heavy atom. The van der Waals surface area contributed by atoms with Crippen molar-refractivity contribution in [3.05, 3.63) is 121 Å². The van der Waals surface area contributed by atoms with Crippen LogP contribution in [0.2, 0.25) is 0 Å². The van der Waals surface area contributed by atoms with Gasteiger partial charge in [0.05, 0.1) is 49.7 Å². The molecule has 2 aliphatic rings. The van der Waals surface area contributed by atoms with Crippen molar-refractivity contribution in [1.29, 1.82) is 0 Å². The summed E-state index contributed by atoms with van der Waals surface area (Å²) in [7, 11) is 0. The number of furan rings is 1. The fourth-order valence-electron chi connectivity index (χ4n) is 7.28. The summed E-state index contributed by atoms with van der Waals surface area (Å²) < 4.78 is 115. The second kappa shape index (κ2) is 16.3. The molecule has 6 rings (SSSR count). The van der Waals surface area contributed by atoms with Crippen LogP contribution in [0.1, 0.15) is 78.1 Å². The molecule has 1 atom stereocenters. The van der Waals surface area contributed by atoms with Crippen LogP contribution >= 0.6 is 0 Å². The highest BCUT2D eigenvalue weighted by atomic mass is 19.4. The summed E-state index contributed by atoms with van der Waals surface area (Å²) >= 11 is 0. The zero-order valence-corrected chi connectivity index (χ0v) is 30.3. The van der Waals surface area contributed by atoms with Crippen LogP contribution in [-0.2, 0) is 58.5 Å². The van der Waals surface area contributed by atoms with Crippen molar-refractivity contribution in [3.63, 3.8) is 0 Å². The number of aromatic nitrogens is 2. The fraction of sp³-hybridized carbons (Fsp3) is 0.447. The maximum Gasteiger partial charge on any atom is 0.449 e. The number of hydrogen-bond acceptors (Lipinski definition) is 9. The summed E-state index contributed by atoms with van der Waals surface area (Å²) in [5, 5.41) is 3.18. The number of ether oxygens (including phenoxy) is 2. The Bertz CT molecular complexity index is 2170. The zero-order valence-electron chi connectivity index (χ0n) is 30.3. The summed E-state index contributed by atoms with van der Waals surface area (Å²) in [4.78, 5) is 42.1. The van der Waals surface area contributed by atoms with E-state index in [9.17, 15) is 40.7 Å². The molecule has 4 aromatic rings. The largest absolute Gasteiger partial charge is 0.466 e. The van der Waals surface area contributed by atoms with Crippen LogP contribution in [-0.4, -0.2) is 46.2 Å². The highest BCUT2D eigenvalue weighted by Crippen LogP contribution is 2.43. The highest BCUT2D eigenvalue weighted by molar-refractivity contribution is 5.69. The minimum atomic E-state index is -4.96. The minimum absolute atomic E-state index is 0.00418. The maximum absolute atomic E-state index is 15.2. The Hall–Kier alpha value is -4.94. The van der Waals surface area contributed by atoms with Crippen LogP contribution in [0.25, 0.3) is 0 Å². The normalized spacial score (nSPS) is 16.2. The number of likely N-dealkylation sites (tertiary alicyclic amines) is 1. The Morgan fingerprint density at radius 1 is 0.982 bits per heavy atom. The van der Waals surface area contributed by atoms with Crippen LogP contribution < -0.4 is 22.3 Å². The number of fused-ring (bicyclic) bond motifs is 2. The van der Waals surface area contributed by atoms with E-state index >= 15 is 4.39 Å². The predicted molar refractivity (Wildman–Crippen MR) is 188 cm³/mol. The summed E-state index contributed by atoms with van der Waals surface area (Å²) in [5.74, 6) is -2.58. The molecular formula is C38H40F7N5O6. The van der Waals surface area contributed by atoms with E-state index in [0.717, 1.165) is 27.3 Å². The molecule has 11 nitrogen and oxygen atoms in total. The van der Waals surface area contributed by atoms with Gasteiger partial charge in [0.25, 0.3) is 5.56 Å². The molecule has 1 unspecified atom stereocenters. The average Bonchev–Trinajstić information content (AvgIpc) is 3.77. The van der Waals surface area contributed by atoms with Gasteiger partial charge in [-0.1, -0.05) is 18.2 Å². The number of rotatable bonds is 13. The topological polar surface area (TPSA) is 134 Å². The molecule has 1 fully saturated rings. The average molecular weight is 796 g/mol. The number of nitrogens with two attached hydrogens (primary N) is 1. The van der Waals surface area contributed by atoms with Crippen molar-refractivity contribution in [1.82, 2.24) is 14.0 Å². The van der Waals surface area contributed by atoms with Crippen molar-refractivity contribution in [3.8, 4) is 0 Å². The van der Waals surface area contributed by atoms with E-state index < -0.39 is 71.0 Å². The smallest absolute Gasteiger partial charge is 0.449 e. The molecule has 0 bridgehead atoms. The quantitative estimate of drug-likeness (QED) is 0.0909.